The maximum atomic E-state index is 0. The predicted molar refractivity (Wildman–Crippen MR) is 19.9 cm³/mol. The van der Waals surface area contributed by atoms with Crippen LogP contribution in [0.4, 0.5) is 0 Å². The largest absolute Gasteiger partial charge is 0.187 e. The average molecular weight is 163 g/mol. The first kappa shape index (κ1) is 34.9. The Hall–Kier alpha value is 2.18. The fourth-order valence-electron chi connectivity index (χ4n) is 0. The van der Waals surface area contributed by atoms with E-state index in [9.17, 15) is 0 Å². The van der Waals surface area contributed by atoms with Crippen molar-refractivity contribution in [1.29, 1.82) is 0 Å². The van der Waals surface area contributed by atoms with Crippen LogP contribution in [0.15, 0.2) is 0 Å². The van der Waals surface area contributed by atoms with Gasteiger partial charge in [0, 0.05) is 35.9 Å². The Balaban J connectivity index is 0. The molecule has 0 aliphatic carbocycles. The quantitative estimate of drug-likeness (QED) is 0.350. The van der Waals surface area contributed by atoms with E-state index in [0.29, 0.717) is 0 Å². The van der Waals surface area contributed by atoms with Gasteiger partial charge in [-0.25, -0.2) is 0 Å². The Morgan fingerprint density at radius 1 is 0.750 bits per heavy atom. The molecule has 0 amide bonds. The minimum atomic E-state index is 0. The van der Waals surface area contributed by atoms with Gasteiger partial charge in [-0.2, -0.15) is 0 Å². The van der Waals surface area contributed by atoms with Crippen molar-refractivity contribution in [2.24, 2.45) is 0 Å². The SMILES string of the molecule is [AlH3].[AlH3].[Cr].[V]. The average Bonchev–Trinajstić information content (AvgIpc) is 0. The molecule has 0 saturated heterocycles. The molecular formula is H6Al2CrV. The predicted octanol–water partition coefficient (Wildman–Crippen LogP) is -2.37. The molecule has 0 fully saturated rings. The summed E-state index contributed by atoms with van der Waals surface area (Å²) < 4.78 is 0. The summed E-state index contributed by atoms with van der Waals surface area (Å²) in [5.41, 5.74) is 0. The van der Waals surface area contributed by atoms with Crippen molar-refractivity contribution in [3.63, 3.8) is 0 Å². The van der Waals surface area contributed by atoms with E-state index in [0.717, 1.165) is 0 Å². The van der Waals surface area contributed by atoms with Gasteiger partial charge in [-0.05, 0) is 0 Å². The van der Waals surface area contributed by atoms with Gasteiger partial charge >= 0.3 is 0 Å². The van der Waals surface area contributed by atoms with Crippen LogP contribution in [0, 0.1) is 0 Å². The molecule has 0 N–H and O–H groups in total. The molecule has 0 aromatic carbocycles. The van der Waals surface area contributed by atoms with Crippen LogP contribution >= 0.6 is 0 Å². The van der Waals surface area contributed by atoms with Crippen molar-refractivity contribution in [1.82, 2.24) is 0 Å². The number of hydrogen-bond acceptors (Lipinski definition) is 0. The van der Waals surface area contributed by atoms with E-state index in [-0.39, 0.29) is 70.6 Å². The molecule has 0 atom stereocenters. The first-order valence-electron chi connectivity index (χ1n) is 0. The minimum absolute atomic E-state index is 0. The monoisotopic (exact) mass is 163 g/mol. The fraction of sp³-hybridized carbons (Fsp3) is 0. The zero-order valence-electron chi connectivity index (χ0n) is 0.855. The molecule has 0 aromatic heterocycles. The van der Waals surface area contributed by atoms with Gasteiger partial charge < -0.3 is 0 Å². The third-order valence-corrected chi connectivity index (χ3v) is 0. The van der Waals surface area contributed by atoms with E-state index < -0.39 is 0 Å². The zero-order chi connectivity index (χ0) is 0. The second-order valence-corrected chi connectivity index (χ2v) is 0. The van der Waals surface area contributed by atoms with Crippen LogP contribution in [0.2, 0.25) is 0 Å². The molecule has 0 aliphatic rings. The molecule has 0 heterocycles. The van der Waals surface area contributed by atoms with E-state index in [1.165, 1.54) is 0 Å². The van der Waals surface area contributed by atoms with Gasteiger partial charge in [-0.15, -0.1) is 0 Å². The molecule has 0 aromatic rings. The molecule has 0 rings (SSSR count). The van der Waals surface area contributed by atoms with Crippen LogP contribution in [-0.4, -0.2) is 34.7 Å². The van der Waals surface area contributed by atoms with Crippen LogP contribution in [-0.2, 0) is 35.9 Å². The molecule has 0 aliphatic heterocycles. The van der Waals surface area contributed by atoms with E-state index in [4.69, 9.17) is 0 Å². The first-order chi connectivity index (χ1) is 0. The van der Waals surface area contributed by atoms with Gasteiger partial charge in [0.1, 0.15) is 0 Å². The van der Waals surface area contributed by atoms with E-state index in [1.54, 1.807) is 0 Å². The van der Waals surface area contributed by atoms with Gasteiger partial charge in [-0.1, -0.05) is 0 Å². The summed E-state index contributed by atoms with van der Waals surface area (Å²) >= 11 is 0. The second-order valence-electron chi connectivity index (χ2n) is 0. The Bertz CT molecular complexity index is 6.00. The summed E-state index contributed by atoms with van der Waals surface area (Å²) in [5.74, 6) is 0. The summed E-state index contributed by atoms with van der Waals surface area (Å²) in [6.07, 6.45) is 0. The van der Waals surface area contributed by atoms with Crippen molar-refractivity contribution >= 4 is 34.7 Å². The number of rotatable bonds is 0. The Labute approximate surface area is 70.0 Å². The Kier molecular flexibility index (Phi) is 166. The minimum Gasteiger partial charge on any atom is 0 e. The van der Waals surface area contributed by atoms with Crippen molar-refractivity contribution in [2.75, 3.05) is 0 Å². The molecule has 0 saturated carbocycles. The third kappa shape index (κ3) is 8.89. The summed E-state index contributed by atoms with van der Waals surface area (Å²) in [4.78, 5) is 0. The van der Waals surface area contributed by atoms with Gasteiger partial charge in [0.15, 0.2) is 34.7 Å². The van der Waals surface area contributed by atoms with Crippen LogP contribution in [0.25, 0.3) is 0 Å². The summed E-state index contributed by atoms with van der Waals surface area (Å²) in [5, 5.41) is 0. The molecule has 0 spiro atoms. The number of hydrogen-bond donors (Lipinski definition) is 0. The molecular weight excluding hydrogens is 157 g/mol. The third-order valence-electron chi connectivity index (χ3n) is 0. The van der Waals surface area contributed by atoms with Crippen LogP contribution in [0.5, 0.6) is 0 Å². The molecule has 0 unspecified atom stereocenters. The van der Waals surface area contributed by atoms with Crippen LogP contribution in [0.1, 0.15) is 0 Å². The fourth-order valence-corrected chi connectivity index (χ4v) is 0. The van der Waals surface area contributed by atoms with Gasteiger partial charge in [0.25, 0.3) is 0 Å². The normalized spacial score (nSPS) is 0. The first-order valence-corrected chi connectivity index (χ1v) is 0. The van der Waals surface area contributed by atoms with E-state index >= 15 is 0 Å². The van der Waals surface area contributed by atoms with Crippen molar-refractivity contribution in [3.05, 3.63) is 0 Å². The van der Waals surface area contributed by atoms with Gasteiger partial charge in [0.2, 0.25) is 0 Å². The van der Waals surface area contributed by atoms with Gasteiger partial charge in [-0.3, -0.25) is 0 Å². The topological polar surface area (TPSA) is 0 Å². The maximum Gasteiger partial charge on any atom is 0.187 e. The maximum absolute atomic E-state index is 0. The Morgan fingerprint density at radius 2 is 0.750 bits per heavy atom. The smallest absolute Gasteiger partial charge is 0 e. The molecule has 4 heavy (non-hydrogen) atoms. The molecule has 23 valence electrons. The standard InChI is InChI=1S/2Al.Cr.V.6H. The summed E-state index contributed by atoms with van der Waals surface area (Å²) in [6.45, 7) is 0. The van der Waals surface area contributed by atoms with Crippen molar-refractivity contribution in [2.45, 2.75) is 0 Å². The molecule has 1 radical (unpaired) electrons. The summed E-state index contributed by atoms with van der Waals surface area (Å²) in [7, 11) is 0. The Morgan fingerprint density at radius 3 is 0.750 bits per heavy atom. The van der Waals surface area contributed by atoms with Crippen molar-refractivity contribution < 1.29 is 35.9 Å². The summed E-state index contributed by atoms with van der Waals surface area (Å²) in [6, 6.07) is 0. The zero-order valence-corrected chi connectivity index (χ0v) is 3.53. The van der Waals surface area contributed by atoms with E-state index in [2.05, 4.69) is 0 Å². The molecule has 4 heteroatoms. The second kappa shape index (κ2) is 19.0. The van der Waals surface area contributed by atoms with Gasteiger partial charge in [0.05, 0.1) is 0 Å². The van der Waals surface area contributed by atoms with Crippen LogP contribution in [0.3, 0.4) is 0 Å². The van der Waals surface area contributed by atoms with E-state index in [1.807, 2.05) is 0 Å². The van der Waals surface area contributed by atoms with Crippen molar-refractivity contribution in [3.8, 4) is 0 Å². The molecule has 0 nitrogen and oxygen atoms in total. The van der Waals surface area contributed by atoms with Crippen LogP contribution < -0.4 is 0 Å². The molecule has 0 bridgehead atoms.